The first-order valence-corrected chi connectivity index (χ1v) is 10.9. The first kappa shape index (κ1) is 19.8. The van der Waals surface area contributed by atoms with Gasteiger partial charge in [-0.1, -0.05) is 67.6 Å². The van der Waals surface area contributed by atoms with Crippen molar-refractivity contribution in [3.63, 3.8) is 0 Å². The van der Waals surface area contributed by atoms with Gasteiger partial charge in [-0.25, -0.2) is 0 Å². The summed E-state index contributed by atoms with van der Waals surface area (Å²) >= 11 is 0. The number of epoxide rings is 1. The first-order chi connectivity index (χ1) is 13.0. The van der Waals surface area contributed by atoms with Gasteiger partial charge in [-0.15, -0.1) is 0 Å². The second kappa shape index (κ2) is 8.39. The van der Waals surface area contributed by atoms with Gasteiger partial charge in [-0.3, -0.25) is 4.79 Å². The van der Waals surface area contributed by atoms with Crippen LogP contribution >= 0.6 is 7.14 Å². The highest BCUT2D eigenvalue weighted by atomic mass is 31.2. The fourth-order valence-corrected chi connectivity index (χ4v) is 7.29. The van der Waals surface area contributed by atoms with Gasteiger partial charge in [-0.05, 0) is 6.42 Å². The van der Waals surface area contributed by atoms with E-state index in [9.17, 15) is 14.5 Å². The van der Waals surface area contributed by atoms with Crippen molar-refractivity contribution in [2.45, 2.75) is 44.2 Å². The van der Waals surface area contributed by atoms with Crippen molar-refractivity contribution >= 4 is 23.7 Å². The van der Waals surface area contributed by atoms with E-state index in [1.807, 2.05) is 67.6 Å². The Balaban J connectivity index is 2.16. The fraction of sp³-hybridized carbons (Fsp3) is 0.381. The maximum absolute atomic E-state index is 14.7. The summed E-state index contributed by atoms with van der Waals surface area (Å²) in [5.74, 6) is -0.416. The van der Waals surface area contributed by atoms with E-state index in [0.29, 0.717) is 17.0 Å². The Morgan fingerprint density at radius 2 is 1.63 bits per heavy atom. The van der Waals surface area contributed by atoms with E-state index < -0.39 is 31.0 Å². The Labute approximate surface area is 159 Å². The highest BCUT2D eigenvalue weighted by molar-refractivity contribution is 7.79. The molecule has 2 aromatic rings. The monoisotopic (exact) mass is 388 g/mol. The summed E-state index contributed by atoms with van der Waals surface area (Å²) in [4.78, 5) is 11.7. The van der Waals surface area contributed by atoms with Crippen molar-refractivity contribution in [1.29, 1.82) is 0 Å². The SMILES string of the molecule is CC[C@@H](OC(C)=O)[C@@H]([C@@H]1O[C@H]1CO)P(=O)(c1ccccc1)c1ccccc1. The molecule has 0 aliphatic carbocycles. The lowest BCUT2D eigenvalue weighted by Gasteiger charge is -2.33. The van der Waals surface area contributed by atoms with Crippen LogP contribution in [0.1, 0.15) is 20.3 Å². The van der Waals surface area contributed by atoms with Gasteiger partial charge in [0.2, 0.25) is 0 Å². The third-order valence-corrected chi connectivity index (χ3v) is 8.54. The second-order valence-corrected chi connectivity index (χ2v) is 9.64. The molecule has 0 saturated carbocycles. The molecule has 3 rings (SSSR count). The van der Waals surface area contributed by atoms with Crippen molar-refractivity contribution < 1.29 is 23.9 Å². The molecule has 0 unspecified atom stereocenters. The van der Waals surface area contributed by atoms with Crippen LogP contribution < -0.4 is 10.6 Å². The fourth-order valence-electron chi connectivity index (χ4n) is 3.66. The zero-order valence-corrected chi connectivity index (χ0v) is 16.4. The molecule has 1 N–H and O–H groups in total. The van der Waals surface area contributed by atoms with Gasteiger partial charge in [0.05, 0.1) is 12.3 Å². The number of benzene rings is 2. The molecular weight excluding hydrogens is 363 g/mol. The standard InChI is InChI=1S/C21H25O5P/c1-3-18(25-15(2)23)21(20-19(14-22)26-20)27(24,16-10-6-4-7-11-16)17-12-8-5-9-13-17/h4-13,18-22H,3,14H2,1-2H3/t18-,19+,20-,21+/m1/s1. The maximum atomic E-state index is 14.7. The number of esters is 1. The lowest BCUT2D eigenvalue weighted by atomic mass is 10.1. The largest absolute Gasteiger partial charge is 0.462 e. The zero-order valence-electron chi connectivity index (χ0n) is 15.5. The Kier molecular flexibility index (Phi) is 6.15. The third kappa shape index (κ3) is 4.01. The molecule has 1 heterocycles. The smallest absolute Gasteiger partial charge is 0.302 e. The highest BCUT2D eigenvalue weighted by Gasteiger charge is 2.56. The molecule has 4 atom stereocenters. The summed E-state index contributed by atoms with van der Waals surface area (Å²) in [6, 6.07) is 18.5. The predicted octanol–water partition coefficient (Wildman–Crippen LogP) is 2.47. The van der Waals surface area contributed by atoms with E-state index in [1.165, 1.54) is 6.92 Å². The minimum Gasteiger partial charge on any atom is -0.462 e. The van der Waals surface area contributed by atoms with Crippen LogP contribution in [0.15, 0.2) is 60.7 Å². The predicted molar refractivity (Wildman–Crippen MR) is 105 cm³/mol. The number of ether oxygens (including phenoxy) is 2. The number of hydrogen-bond donors (Lipinski definition) is 1. The summed E-state index contributed by atoms with van der Waals surface area (Å²) in [7, 11) is -3.22. The molecular formula is C21H25O5P. The van der Waals surface area contributed by atoms with E-state index in [-0.39, 0.29) is 12.7 Å². The van der Waals surface area contributed by atoms with E-state index in [4.69, 9.17) is 9.47 Å². The molecule has 0 radical (unpaired) electrons. The maximum Gasteiger partial charge on any atom is 0.302 e. The van der Waals surface area contributed by atoms with E-state index in [0.717, 1.165) is 0 Å². The summed E-state index contributed by atoms with van der Waals surface area (Å²) in [5, 5.41) is 10.9. The minimum atomic E-state index is -3.22. The van der Waals surface area contributed by atoms with Gasteiger partial charge >= 0.3 is 5.97 Å². The lowest BCUT2D eigenvalue weighted by Crippen LogP contribution is -2.41. The Morgan fingerprint density at radius 1 is 1.11 bits per heavy atom. The van der Waals surface area contributed by atoms with Crippen molar-refractivity contribution in [1.82, 2.24) is 0 Å². The Morgan fingerprint density at radius 3 is 2.00 bits per heavy atom. The molecule has 2 aromatic carbocycles. The molecule has 0 amide bonds. The molecule has 144 valence electrons. The van der Waals surface area contributed by atoms with Crippen LogP contribution in [-0.4, -0.2) is 41.7 Å². The van der Waals surface area contributed by atoms with Gasteiger partial charge in [-0.2, -0.15) is 0 Å². The average Bonchev–Trinajstić information content (AvgIpc) is 3.47. The van der Waals surface area contributed by atoms with Gasteiger partial charge < -0.3 is 19.1 Å². The number of carbonyl (C=O) groups excluding carboxylic acids is 1. The number of aliphatic hydroxyl groups excluding tert-OH is 1. The molecule has 6 heteroatoms. The average molecular weight is 388 g/mol. The molecule has 5 nitrogen and oxygen atoms in total. The number of rotatable bonds is 8. The normalized spacial score (nSPS) is 21.3. The van der Waals surface area contributed by atoms with Gasteiger partial charge in [0.15, 0.2) is 7.14 Å². The van der Waals surface area contributed by atoms with E-state index in [1.54, 1.807) is 0 Å². The van der Waals surface area contributed by atoms with E-state index in [2.05, 4.69) is 0 Å². The molecule has 0 bridgehead atoms. The summed E-state index contributed by atoms with van der Waals surface area (Å²) in [5.41, 5.74) is -0.562. The second-order valence-electron chi connectivity index (χ2n) is 6.70. The van der Waals surface area contributed by atoms with Crippen LogP contribution in [0.25, 0.3) is 0 Å². The molecule has 1 aliphatic heterocycles. The van der Waals surface area contributed by atoms with Gasteiger partial charge in [0.25, 0.3) is 0 Å². The number of aliphatic hydroxyl groups is 1. The molecule has 27 heavy (non-hydrogen) atoms. The van der Waals surface area contributed by atoms with Gasteiger partial charge in [0.1, 0.15) is 18.3 Å². The molecule has 1 aliphatic rings. The first-order valence-electron chi connectivity index (χ1n) is 9.16. The Bertz CT molecular complexity index is 764. The molecule has 0 aromatic heterocycles. The van der Waals surface area contributed by atoms with Crippen LogP contribution in [-0.2, 0) is 18.8 Å². The van der Waals surface area contributed by atoms with Crippen molar-refractivity contribution in [3.8, 4) is 0 Å². The topological polar surface area (TPSA) is 76.1 Å². The molecule has 0 spiro atoms. The highest BCUT2D eigenvalue weighted by Crippen LogP contribution is 2.56. The Hall–Kier alpha value is -1.94. The summed E-state index contributed by atoms with van der Waals surface area (Å²) < 4.78 is 25.9. The molecule has 1 fully saturated rings. The zero-order chi connectivity index (χ0) is 19.4. The van der Waals surface area contributed by atoms with Crippen molar-refractivity contribution in [2.24, 2.45) is 0 Å². The third-order valence-electron chi connectivity index (χ3n) is 4.94. The summed E-state index contributed by atoms with van der Waals surface area (Å²) in [6.07, 6.45) is -0.882. The van der Waals surface area contributed by atoms with Crippen LogP contribution in [0.5, 0.6) is 0 Å². The summed E-state index contributed by atoms with van der Waals surface area (Å²) in [6.45, 7) is 3.10. The van der Waals surface area contributed by atoms with Crippen LogP contribution in [0.2, 0.25) is 0 Å². The number of hydrogen-bond acceptors (Lipinski definition) is 5. The minimum absolute atomic E-state index is 0.152. The van der Waals surface area contributed by atoms with Crippen molar-refractivity contribution in [2.75, 3.05) is 6.61 Å². The van der Waals surface area contributed by atoms with Crippen molar-refractivity contribution in [3.05, 3.63) is 60.7 Å². The van der Waals surface area contributed by atoms with Gasteiger partial charge in [0, 0.05) is 17.5 Å². The van der Waals surface area contributed by atoms with Crippen LogP contribution in [0.3, 0.4) is 0 Å². The van der Waals surface area contributed by atoms with Crippen LogP contribution in [0, 0.1) is 0 Å². The quantitative estimate of drug-likeness (QED) is 0.427. The molecule has 1 saturated heterocycles. The van der Waals surface area contributed by atoms with Crippen LogP contribution in [0.4, 0.5) is 0 Å². The lowest BCUT2D eigenvalue weighted by molar-refractivity contribution is -0.146. The number of carbonyl (C=O) groups is 1. The van der Waals surface area contributed by atoms with E-state index >= 15 is 0 Å².